The zero-order valence-corrected chi connectivity index (χ0v) is 9.62. The van der Waals surface area contributed by atoms with E-state index in [0.717, 1.165) is 0 Å². The van der Waals surface area contributed by atoms with Crippen LogP contribution < -0.4 is 5.32 Å². The molecule has 0 bridgehead atoms. The number of alkyl halides is 3. The van der Waals surface area contributed by atoms with Gasteiger partial charge in [0.1, 0.15) is 0 Å². The maximum atomic E-state index is 12.0. The number of ether oxygens (including phenoxy) is 1. The first-order valence-electron chi connectivity index (χ1n) is 5.29. The minimum atomic E-state index is -5.09. The van der Waals surface area contributed by atoms with Gasteiger partial charge in [0.2, 0.25) is 0 Å². The number of hydrogen-bond donors (Lipinski definition) is 1. The predicted octanol–water partition coefficient (Wildman–Crippen LogP) is -0.156. The number of hydrogen-bond acceptors (Lipinski definition) is 6. The number of halogens is 3. The van der Waals surface area contributed by atoms with E-state index in [2.05, 4.69) is 14.9 Å². The molecule has 1 atom stereocenters. The molecular weight excluding hydrogens is 257 g/mol. The van der Waals surface area contributed by atoms with Crippen molar-refractivity contribution in [2.45, 2.75) is 19.1 Å². The molecule has 1 saturated heterocycles. The molecule has 104 valence electrons. The first-order valence-corrected chi connectivity index (χ1v) is 5.29. The lowest BCUT2D eigenvalue weighted by molar-refractivity contribution is -0.249. The van der Waals surface area contributed by atoms with Crippen LogP contribution >= 0.6 is 0 Å². The Morgan fingerprint density at radius 1 is 1.44 bits per heavy atom. The van der Waals surface area contributed by atoms with Crippen molar-refractivity contribution in [2.24, 2.45) is 0 Å². The van der Waals surface area contributed by atoms with Gasteiger partial charge in [-0.05, 0) is 6.92 Å². The third-order valence-corrected chi connectivity index (χ3v) is 2.18. The Kier molecular flexibility index (Phi) is 4.91. The molecule has 1 aliphatic rings. The normalized spacial score (nSPS) is 21.4. The fourth-order valence-electron chi connectivity index (χ4n) is 1.39. The summed E-state index contributed by atoms with van der Waals surface area (Å²) in [6, 6.07) is -1.06. The minimum Gasteiger partial charge on any atom is -0.465 e. The first-order chi connectivity index (χ1) is 8.36. The van der Waals surface area contributed by atoms with Gasteiger partial charge in [0.25, 0.3) is 0 Å². The summed E-state index contributed by atoms with van der Waals surface area (Å²) in [5, 5.41) is 3.50. The number of carbonyl (C=O) groups excluding carboxylic acids is 2. The van der Waals surface area contributed by atoms with Gasteiger partial charge in [0, 0.05) is 19.6 Å². The molecule has 1 heterocycles. The Labute approximate surface area is 101 Å². The monoisotopic (exact) mass is 270 g/mol. The number of esters is 1. The van der Waals surface area contributed by atoms with Gasteiger partial charge in [-0.25, -0.2) is 4.79 Å². The van der Waals surface area contributed by atoms with Crippen molar-refractivity contribution in [1.29, 1.82) is 0 Å². The molecule has 18 heavy (non-hydrogen) atoms. The number of hydroxylamine groups is 2. The average Bonchev–Trinajstić information content (AvgIpc) is 2.28. The van der Waals surface area contributed by atoms with Gasteiger partial charge in [-0.15, -0.1) is 5.06 Å². The van der Waals surface area contributed by atoms with Crippen LogP contribution in [-0.2, 0) is 19.2 Å². The number of piperazine rings is 1. The summed E-state index contributed by atoms with van der Waals surface area (Å²) >= 11 is 0. The predicted molar refractivity (Wildman–Crippen MR) is 52.1 cm³/mol. The van der Waals surface area contributed by atoms with E-state index in [0.29, 0.717) is 11.6 Å². The molecule has 6 nitrogen and oxygen atoms in total. The van der Waals surface area contributed by atoms with Crippen LogP contribution in [0.1, 0.15) is 6.92 Å². The number of nitrogens with zero attached hydrogens (tertiary/aromatic N) is 1. The molecule has 0 aromatic heterocycles. The third-order valence-electron chi connectivity index (χ3n) is 2.18. The third kappa shape index (κ3) is 3.84. The van der Waals surface area contributed by atoms with E-state index in [1.807, 2.05) is 0 Å². The lowest BCUT2D eigenvalue weighted by Crippen LogP contribution is -2.56. The van der Waals surface area contributed by atoms with Gasteiger partial charge in [-0.2, -0.15) is 13.2 Å². The quantitative estimate of drug-likeness (QED) is 0.719. The fourth-order valence-corrected chi connectivity index (χ4v) is 1.39. The second-order valence-corrected chi connectivity index (χ2v) is 3.49. The molecule has 0 aromatic carbocycles. The Morgan fingerprint density at radius 2 is 2.11 bits per heavy atom. The van der Waals surface area contributed by atoms with E-state index in [1.54, 1.807) is 6.92 Å². The van der Waals surface area contributed by atoms with Gasteiger partial charge in [0.15, 0.2) is 6.04 Å². The van der Waals surface area contributed by atoms with Crippen molar-refractivity contribution in [2.75, 3.05) is 26.2 Å². The van der Waals surface area contributed by atoms with Gasteiger partial charge in [-0.1, -0.05) is 0 Å². The Hall–Kier alpha value is -1.35. The summed E-state index contributed by atoms with van der Waals surface area (Å²) in [7, 11) is 0. The van der Waals surface area contributed by atoms with E-state index >= 15 is 0 Å². The number of carbonyl (C=O) groups is 2. The second kappa shape index (κ2) is 6.01. The highest BCUT2D eigenvalue weighted by atomic mass is 19.4. The van der Waals surface area contributed by atoms with Crippen molar-refractivity contribution < 1.29 is 32.3 Å². The van der Waals surface area contributed by atoms with Crippen molar-refractivity contribution in [3.05, 3.63) is 0 Å². The fraction of sp³-hybridized carbons (Fsp3) is 0.778. The first kappa shape index (κ1) is 14.7. The Morgan fingerprint density at radius 3 is 2.67 bits per heavy atom. The van der Waals surface area contributed by atoms with E-state index in [-0.39, 0.29) is 19.7 Å². The van der Waals surface area contributed by atoms with Crippen molar-refractivity contribution in [1.82, 2.24) is 10.4 Å². The zero-order valence-electron chi connectivity index (χ0n) is 9.62. The molecule has 9 heteroatoms. The van der Waals surface area contributed by atoms with E-state index in [4.69, 9.17) is 0 Å². The molecule has 1 fully saturated rings. The van der Waals surface area contributed by atoms with Gasteiger partial charge in [0.05, 0.1) is 6.61 Å². The van der Waals surface area contributed by atoms with Crippen LogP contribution in [0.3, 0.4) is 0 Å². The maximum Gasteiger partial charge on any atom is 0.492 e. The lowest BCUT2D eigenvalue weighted by Gasteiger charge is -2.32. The van der Waals surface area contributed by atoms with Crippen molar-refractivity contribution in [3.8, 4) is 0 Å². The molecule has 1 rings (SSSR count). The maximum absolute atomic E-state index is 12.0. The Bertz CT molecular complexity index is 321. The molecule has 0 spiro atoms. The minimum absolute atomic E-state index is 0.0225. The molecule has 1 N–H and O–H groups in total. The van der Waals surface area contributed by atoms with E-state index in [1.165, 1.54) is 0 Å². The SMILES string of the molecule is CCOC(=O)C1CNCCN1OC(=O)C(F)(F)F. The van der Waals surface area contributed by atoms with Crippen LogP contribution in [0.5, 0.6) is 0 Å². The summed E-state index contributed by atoms with van der Waals surface area (Å²) in [5.74, 6) is -3.08. The summed E-state index contributed by atoms with van der Waals surface area (Å²) in [5.41, 5.74) is 0. The Balaban J connectivity index is 2.65. The highest BCUT2D eigenvalue weighted by Crippen LogP contribution is 2.18. The number of rotatable bonds is 3. The molecule has 1 aliphatic heterocycles. The highest BCUT2D eigenvalue weighted by Gasteiger charge is 2.44. The van der Waals surface area contributed by atoms with Crippen LogP contribution in [0.2, 0.25) is 0 Å². The molecule has 1 unspecified atom stereocenters. The van der Waals surface area contributed by atoms with Gasteiger partial charge < -0.3 is 14.9 Å². The number of nitrogens with one attached hydrogen (secondary N) is 1. The second-order valence-electron chi connectivity index (χ2n) is 3.49. The van der Waals surface area contributed by atoms with Crippen molar-refractivity contribution >= 4 is 11.9 Å². The van der Waals surface area contributed by atoms with E-state index in [9.17, 15) is 22.8 Å². The molecule has 0 saturated carbocycles. The van der Waals surface area contributed by atoms with Gasteiger partial charge >= 0.3 is 18.1 Å². The average molecular weight is 270 g/mol. The van der Waals surface area contributed by atoms with Crippen LogP contribution in [0.4, 0.5) is 13.2 Å². The summed E-state index contributed by atoms with van der Waals surface area (Å²) in [6.07, 6.45) is -5.09. The molecule has 0 amide bonds. The van der Waals surface area contributed by atoms with Gasteiger partial charge in [-0.3, -0.25) is 4.79 Å². The molecule has 0 aliphatic carbocycles. The largest absolute Gasteiger partial charge is 0.492 e. The molecular formula is C9H13F3N2O4. The summed E-state index contributed by atoms with van der Waals surface area (Å²) in [4.78, 5) is 26.3. The van der Waals surface area contributed by atoms with Crippen LogP contribution in [0.25, 0.3) is 0 Å². The van der Waals surface area contributed by atoms with Crippen LogP contribution in [0.15, 0.2) is 0 Å². The van der Waals surface area contributed by atoms with Crippen LogP contribution in [0, 0.1) is 0 Å². The lowest BCUT2D eigenvalue weighted by atomic mass is 10.2. The summed E-state index contributed by atoms with van der Waals surface area (Å²) < 4.78 is 40.8. The van der Waals surface area contributed by atoms with Crippen molar-refractivity contribution in [3.63, 3.8) is 0 Å². The summed E-state index contributed by atoms with van der Waals surface area (Å²) in [6.45, 7) is 2.01. The van der Waals surface area contributed by atoms with E-state index < -0.39 is 24.2 Å². The molecule has 0 radical (unpaired) electrons. The topological polar surface area (TPSA) is 67.9 Å². The van der Waals surface area contributed by atoms with Crippen LogP contribution in [-0.4, -0.2) is 55.5 Å². The highest BCUT2D eigenvalue weighted by molar-refractivity contribution is 5.78. The smallest absolute Gasteiger partial charge is 0.465 e. The molecule has 0 aromatic rings. The zero-order chi connectivity index (χ0) is 13.8. The standard InChI is InChI=1S/C9H13F3N2O4/c1-2-17-7(15)6-5-13-3-4-14(6)18-8(16)9(10,11)12/h6,13H,2-5H2,1H3.